The Morgan fingerprint density at radius 1 is 0.968 bits per heavy atom. The van der Waals surface area contributed by atoms with Gasteiger partial charge in [0.2, 0.25) is 12.3 Å². The van der Waals surface area contributed by atoms with Crippen LogP contribution in [0.3, 0.4) is 0 Å². The van der Waals surface area contributed by atoms with Crippen molar-refractivity contribution in [2.75, 3.05) is 5.32 Å². The number of hydrogen-bond donors (Lipinski definition) is 3. The second kappa shape index (κ2) is 15.5. The molecule has 2 bridgehead atoms. The van der Waals surface area contributed by atoms with Gasteiger partial charge >= 0.3 is 13.3 Å². The maximum absolute atomic E-state index is 14.6. The average molecular weight is 869 g/mol. The van der Waals surface area contributed by atoms with E-state index in [4.69, 9.17) is 14.3 Å². The molecule has 1 saturated heterocycles. The van der Waals surface area contributed by atoms with Crippen LogP contribution in [0.4, 0.5) is 27.6 Å². The third-order valence-electron chi connectivity index (χ3n) is 13.8. The number of benzene rings is 3. The largest absolute Gasteiger partial charge is 0.481 e. The van der Waals surface area contributed by atoms with Crippen LogP contribution in [0.25, 0.3) is 22.2 Å². The number of alkyl halides is 5. The predicted octanol–water partition coefficient (Wildman–Crippen LogP) is 8.09. The third kappa shape index (κ3) is 7.66. The molecular formula is C46H46BF5N6O5. The smallest absolute Gasteiger partial charge is 0.404 e. The summed E-state index contributed by atoms with van der Waals surface area (Å²) in [4.78, 5) is 53.0. The van der Waals surface area contributed by atoms with Crippen molar-refractivity contribution in [1.82, 2.24) is 25.2 Å². The number of fused-ring (bicyclic) bond motifs is 2. The van der Waals surface area contributed by atoms with E-state index in [2.05, 4.69) is 34.8 Å². The number of para-hydroxylation sites is 1. The van der Waals surface area contributed by atoms with Crippen LogP contribution in [0.15, 0.2) is 95.9 Å². The van der Waals surface area contributed by atoms with Crippen LogP contribution < -0.4 is 21.5 Å². The van der Waals surface area contributed by atoms with Crippen LogP contribution in [0, 0.1) is 17.3 Å². The lowest BCUT2D eigenvalue weighted by atomic mass is 9.45. The molecule has 5 aliphatic rings. The molecule has 10 rings (SSSR count). The Morgan fingerprint density at radius 3 is 2.44 bits per heavy atom. The SMILES string of the molecule is CC1(C)C2CC1[C@H]1OB([C@H](CC(F)F)NC(=O)[C@@H]3C[C@@](C)(NC(=O)c4cc(-c5ccccc5)nc5ccccc45)c4ncc(NCc5cccc(C(F)(F)F)c5)c(=O)n43)O[C@@]1(C)C2. The van der Waals surface area contributed by atoms with Gasteiger partial charge in [0.1, 0.15) is 17.6 Å². The number of nitrogens with one attached hydrogen (secondary N) is 3. The average Bonchev–Trinajstić information content (AvgIpc) is 3.77. The van der Waals surface area contributed by atoms with Crippen molar-refractivity contribution in [2.24, 2.45) is 17.3 Å². The van der Waals surface area contributed by atoms with Gasteiger partial charge in [0, 0.05) is 30.3 Å². The number of halogens is 5. The molecule has 5 aromatic rings. The van der Waals surface area contributed by atoms with Gasteiger partial charge in [-0.2, -0.15) is 13.2 Å². The van der Waals surface area contributed by atoms with E-state index in [1.165, 1.54) is 18.3 Å². The standard InChI is InChI=1S/C46H46BF5N6O5/c1-43(2)28-18-31(43)38-45(4,21-28)63-47(62-38)36(20-37(48)49)56-40(60)35-22-44(3,42-54-24-34(41(61)58(35)42)53-23-25-11-10-14-27(17-25)46(50,51)52)57-39(59)30-19-33(26-12-6-5-7-13-26)55-32-16-9-8-15-29(30)32/h5-17,19,24,28,31,35-38,53H,18,20-23H2,1-4H3,(H,56,60)(H,57,59)/t28?,31?,35-,36-,38+,44+,45-/m0/s1. The van der Waals surface area contributed by atoms with Gasteiger partial charge in [-0.05, 0) is 73.8 Å². The predicted molar refractivity (Wildman–Crippen MR) is 226 cm³/mol. The molecule has 3 saturated carbocycles. The van der Waals surface area contributed by atoms with Gasteiger partial charge in [0.15, 0.2) is 0 Å². The number of pyridine rings is 1. The lowest BCUT2D eigenvalue weighted by Gasteiger charge is -2.63. The zero-order valence-corrected chi connectivity index (χ0v) is 35.0. The highest BCUT2D eigenvalue weighted by Gasteiger charge is 2.67. The zero-order chi connectivity index (χ0) is 44.6. The molecule has 0 radical (unpaired) electrons. The topological polar surface area (TPSA) is 136 Å². The fourth-order valence-electron chi connectivity index (χ4n) is 10.3. The summed E-state index contributed by atoms with van der Waals surface area (Å²) < 4.78 is 83.1. The van der Waals surface area contributed by atoms with Crippen LogP contribution in [-0.2, 0) is 32.4 Å². The normalized spacial score (nSPS) is 26.2. The van der Waals surface area contributed by atoms with E-state index < -0.39 is 72.2 Å². The maximum atomic E-state index is 14.6. The molecular weight excluding hydrogens is 822 g/mol. The number of amides is 2. The maximum Gasteiger partial charge on any atom is 0.481 e. The number of rotatable bonds is 11. The molecule has 2 aliphatic heterocycles. The molecule has 2 amide bonds. The van der Waals surface area contributed by atoms with Crippen LogP contribution in [-0.4, -0.2) is 57.5 Å². The van der Waals surface area contributed by atoms with Gasteiger partial charge in [-0.1, -0.05) is 74.5 Å². The molecule has 2 aromatic heterocycles. The Kier molecular flexibility index (Phi) is 10.5. The van der Waals surface area contributed by atoms with Crippen molar-refractivity contribution in [3.8, 4) is 11.3 Å². The van der Waals surface area contributed by atoms with Crippen molar-refractivity contribution >= 4 is 35.5 Å². The molecule has 4 fully saturated rings. The van der Waals surface area contributed by atoms with Crippen molar-refractivity contribution in [3.63, 3.8) is 0 Å². The van der Waals surface area contributed by atoms with E-state index in [0.29, 0.717) is 28.9 Å². The number of anilines is 1. The zero-order valence-electron chi connectivity index (χ0n) is 35.0. The summed E-state index contributed by atoms with van der Waals surface area (Å²) in [5.41, 5.74) is -1.64. The molecule has 7 atom stereocenters. The summed E-state index contributed by atoms with van der Waals surface area (Å²) in [5, 5.41) is 9.19. The van der Waals surface area contributed by atoms with Crippen LogP contribution >= 0.6 is 0 Å². The minimum Gasteiger partial charge on any atom is -0.404 e. The van der Waals surface area contributed by atoms with Crippen molar-refractivity contribution < 1.29 is 40.8 Å². The first-order valence-electron chi connectivity index (χ1n) is 21.1. The summed E-state index contributed by atoms with van der Waals surface area (Å²) in [6.07, 6.45) is -6.00. The first kappa shape index (κ1) is 42.6. The van der Waals surface area contributed by atoms with Crippen molar-refractivity contribution in [2.45, 2.75) is 102 Å². The molecule has 4 heterocycles. The Bertz CT molecular complexity index is 2670. The number of aromatic nitrogens is 3. The number of carbonyl (C=O) groups is 2. The van der Waals surface area contributed by atoms with Gasteiger partial charge in [-0.25, -0.2) is 18.7 Å². The van der Waals surface area contributed by atoms with Crippen LogP contribution in [0.2, 0.25) is 0 Å². The Hall–Kier alpha value is -5.68. The number of nitrogens with zero attached hydrogens (tertiary/aromatic N) is 3. The molecule has 63 heavy (non-hydrogen) atoms. The van der Waals surface area contributed by atoms with Gasteiger partial charge < -0.3 is 25.3 Å². The molecule has 3 aliphatic carbocycles. The number of carbonyl (C=O) groups excluding carboxylic acids is 2. The summed E-state index contributed by atoms with van der Waals surface area (Å²) in [6.45, 7) is 7.67. The lowest BCUT2D eigenvalue weighted by molar-refractivity contribution is -0.185. The van der Waals surface area contributed by atoms with Gasteiger partial charge in [-0.3, -0.25) is 19.0 Å². The molecule has 3 N–H and O–H groups in total. The van der Waals surface area contributed by atoms with E-state index in [1.54, 1.807) is 37.3 Å². The lowest BCUT2D eigenvalue weighted by Crippen LogP contribution is -2.63. The first-order chi connectivity index (χ1) is 29.8. The summed E-state index contributed by atoms with van der Waals surface area (Å²) >= 11 is 0. The fraction of sp³-hybridized carbons (Fsp3) is 0.413. The molecule has 328 valence electrons. The highest BCUT2D eigenvalue weighted by Crippen LogP contribution is 2.64. The fourth-order valence-corrected chi connectivity index (χ4v) is 10.3. The summed E-state index contributed by atoms with van der Waals surface area (Å²) in [7, 11) is -1.20. The quantitative estimate of drug-likeness (QED) is 0.0896. The monoisotopic (exact) mass is 868 g/mol. The highest BCUT2D eigenvalue weighted by atomic mass is 19.4. The van der Waals surface area contributed by atoms with Crippen molar-refractivity contribution in [1.29, 1.82) is 0 Å². The Labute approximate surface area is 360 Å². The van der Waals surface area contributed by atoms with Gasteiger partial charge in [-0.15, -0.1) is 0 Å². The van der Waals surface area contributed by atoms with E-state index in [-0.39, 0.29) is 53.0 Å². The third-order valence-corrected chi connectivity index (χ3v) is 13.8. The summed E-state index contributed by atoms with van der Waals surface area (Å²) in [6, 6.07) is 21.3. The molecule has 0 spiro atoms. The van der Waals surface area contributed by atoms with Gasteiger partial charge in [0.25, 0.3) is 11.5 Å². The highest BCUT2D eigenvalue weighted by molar-refractivity contribution is 6.48. The molecule has 17 heteroatoms. The van der Waals surface area contributed by atoms with E-state index in [1.807, 2.05) is 37.3 Å². The van der Waals surface area contributed by atoms with Crippen LogP contribution in [0.5, 0.6) is 0 Å². The second-order valence-corrected chi connectivity index (χ2v) is 18.3. The Morgan fingerprint density at radius 2 is 1.71 bits per heavy atom. The molecule has 2 unspecified atom stereocenters. The van der Waals surface area contributed by atoms with E-state index in [0.717, 1.165) is 28.7 Å². The number of hydrogen-bond acceptors (Lipinski definition) is 8. The second-order valence-electron chi connectivity index (χ2n) is 18.3. The van der Waals surface area contributed by atoms with E-state index in [9.17, 15) is 36.3 Å². The van der Waals surface area contributed by atoms with E-state index >= 15 is 0 Å². The minimum atomic E-state index is -4.59. The van der Waals surface area contributed by atoms with Gasteiger partial charge in [0.05, 0.1) is 51.7 Å². The Balaban J connectivity index is 1.05. The minimum absolute atomic E-state index is 0.00609. The molecule has 3 aromatic carbocycles. The van der Waals surface area contributed by atoms with Crippen molar-refractivity contribution in [3.05, 3.63) is 124 Å². The molecule has 11 nitrogen and oxygen atoms in total. The van der Waals surface area contributed by atoms with Crippen LogP contribution in [0.1, 0.15) is 86.7 Å². The first-order valence-corrected chi connectivity index (χ1v) is 21.1. The summed E-state index contributed by atoms with van der Waals surface area (Å²) in [5.74, 6) is -2.14.